The number of primary sulfonamides is 1. The first-order valence-corrected chi connectivity index (χ1v) is 9.77. The van der Waals surface area contributed by atoms with E-state index in [1.54, 1.807) is 35.0 Å². The molecule has 0 aliphatic heterocycles. The first kappa shape index (κ1) is 18.4. The Balaban J connectivity index is 1.97. The van der Waals surface area contributed by atoms with Crippen molar-refractivity contribution in [1.82, 2.24) is 9.78 Å². The van der Waals surface area contributed by atoms with Crippen LogP contribution in [0.4, 0.5) is 5.69 Å². The molecule has 1 heterocycles. The number of hydrogen-bond acceptors (Lipinski definition) is 4. The lowest BCUT2D eigenvalue weighted by Crippen LogP contribution is -2.17. The molecule has 0 spiro atoms. The van der Waals surface area contributed by atoms with Gasteiger partial charge in [0, 0.05) is 22.6 Å². The van der Waals surface area contributed by atoms with Crippen LogP contribution in [0.3, 0.4) is 0 Å². The number of fused-ring (bicyclic) bond motifs is 1. The molecule has 0 fully saturated rings. The fourth-order valence-electron chi connectivity index (χ4n) is 2.72. The van der Waals surface area contributed by atoms with Crippen molar-refractivity contribution in [3.8, 4) is 0 Å². The molecule has 0 aliphatic rings. The second-order valence-corrected chi connectivity index (χ2v) is 7.67. The highest BCUT2D eigenvalue weighted by molar-refractivity contribution is 7.89. The summed E-state index contributed by atoms with van der Waals surface area (Å²) in [4.78, 5) is 12.3. The van der Waals surface area contributed by atoms with E-state index in [2.05, 4.69) is 10.4 Å². The van der Waals surface area contributed by atoms with Crippen LogP contribution in [0.2, 0.25) is 5.02 Å². The zero-order valence-electron chi connectivity index (χ0n) is 13.9. The number of carbonyl (C=O) groups is 1. The average Bonchev–Trinajstić information content (AvgIpc) is 2.98. The number of nitrogens with one attached hydrogen (secondary N) is 1. The van der Waals surface area contributed by atoms with E-state index < -0.39 is 10.0 Å². The third-order valence-corrected chi connectivity index (χ3v) is 5.24. The lowest BCUT2D eigenvalue weighted by molar-refractivity contribution is -0.115. The summed E-state index contributed by atoms with van der Waals surface area (Å²) < 4.78 is 25.5. The highest BCUT2D eigenvalue weighted by Crippen LogP contribution is 2.27. The van der Waals surface area contributed by atoms with Gasteiger partial charge in [-0.1, -0.05) is 29.8 Å². The molecule has 1 amide bonds. The first-order valence-electron chi connectivity index (χ1n) is 7.85. The summed E-state index contributed by atoms with van der Waals surface area (Å²) in [6.07, 6.45) is 1.52. The Morgan fingerprint density at radius 1 is 1.31 bits per heavy atom. The number of aryl methyl sites for hydroxylation is 1. The predicted octanol–water partition coefficient (Wildman–Crippen LogP) is 2.54. The third kappa shape index (κ3) is 3.72. The molecule has 3 rings (SSSR count). The van der Waals surface area contributed by atoms with Crippen molar-refractivity contribution in [1.29, 1.82) is 0 Å². The Bertz CT molecular complexity index is 1090. The molecule has 1 aromatic heterocycles. The summed E-state index contributed by atoms with van der Waals surface area (Å²) in [7, 11) is -3.97. The van der Waals surface area contributed by atoms with Crippen LogP contribution in [0.1, 0.15) is 12.5 Å². The molecule has 0 radical (unpaired) electrons. The minimum absolute atomic E-state index is 0.0649. The van der Waals surface area contributed by atoms with Crippen LogP contribution >= 0.6 is 11.6 Å². The summed E-state index contributed by atoms with van der Waals surface area (Å²) in [5.74, 6) is -0.319. The smallest absolute Gasteiger partial charge is 0.238 e. The van der Waals surface area contributed by atoms with Gasteiger partial charge in [0.25, 0.3) is 0 Å². The van der Waals surface area contributed by atoms with Gasteiger partial charge in [0.15, 0.2) is 0 Å². The van der Waals surface area contributed by atoms with Gasteiger partial charge >= 0.3 is 0 Å². The molecule has 7 nitrogen and oxygen atoms in total. The molecule has 3 aromatic rings. The van der Waals surface area contributed by atoms with E-state index in [-0.39, 0.29) is 17.2 Å². The Morgan fingerprint density at radius 3 is 2.69 bits per heavy atom. The quantitative estimate of drug-likeness (QED) is 0.695. The Kier molecular flexibility index (Phi) is 4.99. The van der Waals surface area contributed by atoms with Crippen molar-refractivity contribution in [3.63, 3.8) is 0 Å². The van der Waals surface area contributed by atoms with Gasteiger partial charge in [-0.3, -0.25) is 9.48 Å². The molecule has 0 saturated carbocycles. The minimum atomic E-state index is -3.97. The molecule has 9 heteroatoms. The number of anilines is 1. The molecular formula is C17H17ClN4O3S. The van der Waals surface area contributed by atoms with Crippen LogP contribution in [-0.2, 0) is 27.8 Å². The van der Waals surface area contributed by atoms with Crippen LogP contribution in [0.25, 0.3) is 10.9 Å². The molecule has 3 N–H and O–H groups in total. The van der Waals surface area contributed by atoms with E-state index >= 15 is 0 Å². The second-order valence-electron chi connectivity index (χ2n) is 5.73. The summed E-state index contributed by atoms with van der Waals surface area (Å²) in [6.45, 7) is 2.43. The van der Waals surface area contributed by atoms with Crippen molar-refractivity contribution < 1.29 is 13.2 Å². The highest BCUT2D eigenvalue weighted by atomic mass is 35.5. The molecule has 0 atom stereocenters. The molecule has 0 unspecified atom stereocenters. The number of aromatic nitrogens is 2. The SMILES string of the molecule is CCn1ncc2c(S(N)(=O)=O)cc(NC(=O)Cc3ccccc3Cl)cc21. The molecule has 0 bridgehead atoms. The van der Waals surface area contributed by atoms with E-state index in [9.17, 15) is 13.2 Å². The molecular weight excluding hydrogens is 376 g/mol. The largest absolute Gasteiger partial charge is 0.326 e. The number of benzene rings is 2. The van der Waals surface area contributed by atoms with E-state index in [0.29, 0.717) is 33.7 Å². The Hall–Kier alpha value is -2.42. The minimum Gasteiger partial charge on any atom is -0.326 e. The van der Waals surface area contributed by atoms with Crippen molar-refractivity contribution >= 4 is 44.1 Å². The van der Waals surface area contributed by atoms with E-state index in [1.807, 2.05) is 6.92 Å². The van der Waals surface area contributed by atoms with E-state index in [0.717, 1.165) is 0 Å². The van der Waals surface area contributed by atoms with Crippen LogP contribution in [0, 0.1) is 0 Å². The molecule has 26 heavy (non-hydrogen) atoms. The number of hydrogen-bond donors (Lipinski definition) is 2. The van der Waals surface area contributed by atoms with E-state index in [1.165, 1.54) is 12.3 Å². The van der Waals surface area contributed by atoms with Crippen LogP contribution < -0.4 is 10.5 Å². The molecule has 2 aromatic carbocycles. The number of nitrogens with zero attached hydrogens (tertiary/aromatic N) is 2. The number of rotatable bonds is 5. The van der Waals surface area contributed by atoms with Gasteiger partial charge < -0.3 is 5.32 Å². The maximum Gasteiger partial charge on any atom is 0.238 e. The lowest BCUT2D eigenvalue weighted by Gasteiger charge is -2.10. The van der Waals surface area contributed by atoms with Crippen molar-refractivity contribution in [2.75, 3.05) is 5.32 Å². The summed E-state index contributed by atoms with van der Waals surface area (Å²) in [5, 5.41) is 13.1. The first-order chi connectivity index (χ1) is 12.3. The number of amides is 1. The maximum absolute atomic E-state index is 12.4. The van der Waals surface area contributed by atoms with Crippen molar-refractivity contribution in [2.24, 2.45) is 5.14 Å². The van der Waals surface area contributed by atoms with E-state index in [4.69, 9.17) is 16.7 Å². The summed E-state index contributed by atoms with van der Waals surface area (Å²) >= 11 is 6.07. The maximum atomic E-state index is 12.4. The van der Waals surface area contributed by atoms with Gasteiger partial charge in [-0.15, -0.1) is 0 Å². The van der Waals surface area contributed by atoms with Gasteiger partial charge in [0.2, 0.25) is 15.9 Å². The predicted molar refractivity (Wildman–Crippen MR) is 101 cm³/mol. The number of carbonyl (C=O) groups excluding carboxylic acids is 1. The fourth-order valence-corrected chi connectivity index (χ4v) is 3.68. The van der Waals surface area contributed by atoms with Crippen LogP contribution in [0.15, 0.2) is 47.5 Å². The van der Waals surface area contributed by atoms with Gasteiger partial charge in [0.1, 0.15) is 0 Å². The average molecular weight is 393 g/mol. The third-order valence-electron chi connectivity index (χ3n) is 3.92. The van der Waals surface area contributed by atoms with Gasteiger partial charge in [-0.05, 0) is 30.7 Å². The summed E-state index contributed by atoms with van der Waals surface area (Å²) in [6, 6.07) is 10.0. The normalized spacial score (nSPS) is 11.7. The van der Waals surface area contributed by atoms with Crippen LogP contribution in [0.5, 0.6) is 0 Å². The fraction of sp³-hybridized carbons (Fsp3) is 0.176. The van der Waals surface area contributed by atoms with Crippen molar-refractivity contribution in [3.05, 3.63) is 53.2 Å². The van der Waals surface area contributed by atoms with Gasteiger partial charge in [-0.2, -0.15) is 5.10 Å². The van der Waals surface area contributed by atoms with Gasteiger partial charge in [-0.25, -0.2) is 13.6 Å². The van der Waals surface area contributed by atoms with Crippen LogP contribution in [-0.4, -0.2) is 24.1 Å². The monoisotopic (exact) mass is 392 g/mol. The Morgan fingerprint density at radius 2 is 2.04 bits per heavy atom. The topological polar surface area (TPSA) is 107 Å². The second kappa shape index (κ2) is 7.06. The Labute approximate surface area is 155 Å². The number of halogens is 1. The zero-order valence-corrected chi connectivity index (χ0v) is 15.5. The lowest BCUT2D eigenvalue weighted by atomic mass is 10.1. The highest BCUT2D eigenvalue weighted by Gasteiger charge is 2.18. The number of sulfonamides is 1. The van der Waals surface area contributed by atoms with Gasteiger partial charge in [0.05, 0.1) is 23.0 Å². The molecule has 136 valence electrons. The standard InChI is InChI=1S/C17H17ClN4O3S/c1-2-22-15-8-12(9-16(26(19,24)25)13(15)10-20-22)21-17(23)7-11-5-3-4-6-14(11)18/h3-6,8-10H,2,7H2,1H3,(H,21,23)(H2,19,24,25). The van der Waals surface area contributed by atoms with Crippen molar-refractivity contribution in [2.45, 2.75) is 24.8 Å². The number of nitrogens with two attached hydrogens (primary N) is 1. The summed E-state index contributed by atoms with van der Waals surface area (Å²) in [5.41, 5.74) is 1.58. The molecule has 0 saturated heterocycles. The zero-order chi connectivity index (χ0) is 18.9. The molecule has 0 aliphatic carbocycles.